The number of hydrogen-bond acceptors (Lipinski definition) is 7. The molecule has 0 spiro atoms. The van der Waals surface area contributed by atoms with Crippen LogP contribution in [0, 0.1) is 18.6 Å². The van der Waals surface area contributed by atoms with Crippen molar-refractivity contribution in [3.63, 3.8) is 0 Å². The lowest BCUT2D eigenvalue weighted by Crippen LogP contribution is -2.41. The van der Waals surface area contributed by atoms with E-state index in [1.807, 2.05) is 6.92 Å². The first kappa shape index (κ1) is 17.8. The number of nitrogens with two attached hydrogens (primary N) is 1. The molecule has 1 aliphatic rings. The third-order valence-corrected chi connectivity index (χ3v) is 6.34. The summed E-state index contributed by atoms with van der Waals surface area (Å²) in [5.74, 6) is -1.01. The summed E-state index contributed by atoms with van der Waals surface area (Å²) in [4.78, 5) is 0. The molecule has 3 rings (SSSR count). The molecule has 2 radical (unpaired) electrons. The zero-order valence-electron chi connectivity index (χ0n) is 12.9. The lowest BCUT2D eigenvalue weighted by molar-refractivity contribution is 0.598. The van der Waals surface area contributed by atoms with Gasteiger partial charge in [-0.25, -0.2) is 13.8 Å². The molecule has 1 unspecified atom stereocenters. The van der Waals surface area contributed by atoms with E-state index in [2.05, 4.69) is 31.6 Å². The van der Waals surface area contributed by atoms with E-state index in [1.54, 1.807) is 5.01 Å². The molecule has 0 saturated heterocycles. The average molecular weight is 381 g/mol. The van der Waals surface area contributed by atoms with Crippen LogP contribution in [0.4, 0.5) is 13.9 Å². The maximum absolute atomic E-state index is 14.1. The zero-order chi connectivity index (χ0) is 17.3. The molecule has 1 atom stereocenters. The van der Waals surface area contributed by atoms with Crippen LogP contribution >= 0.6 is 23.1 Å². The van der Waals surface area contributed by atoms with Gasteiger partial charge in [0.1, 0.15) is 21.7 Å². The summed E-state index contributed by atoms with van der Waals surface area (Å²) < 4.78 is 27.1. The number of hydrazone groups is 1. The molecule has 2 aromatic rings. The van der Waals surface area contributed by atoms with E-state index in [-0.39, 0.29) is 5.56 Å². The molecule has 5 nitrogen and oxygen atoms in total. The van der Waals surface area contributed by atoms with E-state index in [0.717, 1.165) is 29.6 Å². The van der Waals surface area contributed by atoms with Gasteiger partial charge in [0.15, 0.2) is 16.3 Å². The van der Waals surface area contributed by atoms with Crippen molar-refractivity contribution in [1.29, 1.82) is 0 Å². The van der Waals surface area contributed by atoms with Gasteiger partial charge in [0.05, 0.1) is 0 Å². The van der Waals surface area contributed by atoms with E-state index in [1.165, 1.54) is 23.1 Å². The first-order valence-corrected chi connectivity index (χ1v) is 9.46. The highest BCUT2D eigenvalue weighted by Gasteiger charge is 2.40. The third kappa shape index (κ3) is 3.48. The topological polar surface area (TPSA) is 67.4 Å². The van der Waals surface area contributed by atoms with Gasteiger partial charge >= 0.3 is 0 Å². The summed E-state index contributed by atoms with van der Waals surface area (Å²) in [5, 5.41) is 16.2. The number of hydrogen-bond donors (Lipinski definition) is 1. The minimum atomic E-state index is -0.556. The first-order valence-electron chi connectivity index (χ1n) is 7.25. The van der Waals surface area contributed by atoms with Crippen LogP contribution in [0.2, 0.25) is 0 Å². The van der Waals surface area contributed by atoms with Crippen LogP contribution in [0.5, 0.6) is 0 Å². The zero-order valence-corrected chi connectivity index (χ0v) is 15.7. The molecular weight excluding hydrogens is 367 g/mol. The van der Waals surface area contributed by atoms with Gasteiger partial charge < -0.3 is 5.73 Å². The van der Waals surface area contributed by atoms with Crippen molar-refractivity contribution in [2.24, 2.45) is 10.8 Å². The second kappa shape index (κ2) is 7.06. The van der Waals surface area contributed by atoms with Crippen LogP contribution in [0.1, 0.15) is 23.4 Å². The molecule has 24 heavy (non-hydrogen) atoms. The molecule has 2 N–H and O–H groups in total. The summed E-state index contributed by atoms with van der Waals surface area (Å²) in [6.45, 7) is 2.38. The fraction of sp³-hybridized carbons (Fsp3) is 0.357. The maximum atomic E-state index is 14.1. The Morgan fingerprint density at radius 3 is 2.79 bits per heavy atom. The van der Waals surface area contributed by atoms with Crippen LogP contribution in [0.25, 0.3) is 0 Å². The predicted octanol–water partition coefficient (Wildman–Crippen LogP) is 2.60. The molecule has 1 aromatic heterocycles. The Labute approximate surface area is 154 Å². The molecule has 0 bridgehead atoms. The minimum absolute atomic E-state index is 0.142. The highest BCUT2D eigenvalue weighted by atomic mass is 32.2. The van der Waals surface area contributed by atoms with Crippen LogP contribution in [0.3, 0.4) is 0 Å². The van der Waals surface area contributed by atoms with Gasteiger partial charge in [-0.05, 0) is 44.5 Å². The number of aromatic nitrogens is 2. The molecule has 0 aliphatic carbocycles. The molecule has 0 saturated carbocycles. The van der Waals surface area contributed by atoms with E-state index in [0.29, 0.717) is 23.1 Å². The van der Waals surface area contributed by atoms with Crippen molar-refractivity contribution >= 4 is 49.6 Å². The Morgan fingerprint density at radius 2 is 2.12 bits per heavy atom. The van der Waals surface area contributed by atoms with Gasteiger partial charge in [-0.1, -0.05) is 23.1 Å². The summed E-state index contributed by atoms with van der Waals surface area (Å²) in [5.41, 5.74) is 5.78. The SMILES string of the molecule is Cc1nnc(N2N=C(c3cc(F)ccc3F)S[C]2([Al])CCCN)s1. The number of nitrogens with zero attached hydrogens (tertiary/aromatic N) is 4. The van der Waals surface area contributed by atoms with Gasteiger partial charge in [-0.3, -0.25) is 0 Å². The van der Waals surface area contributed by atoms with Crippen LogP contribution in [0.15, 0.2) is 23.3 Å². The van der Waals surface area contributed by atoms with Crippen molar-refractivity contribution in [1.82, 2.24) is 10.2 Å². The normalized spacial score (nSPS) is 20.5. The summed E-state index contributed by atoms with van der Waals surface area (Å²) >= 11 is 5.50. The van der Waals surface area contributed by atoms with Gasteiger partial charge in [0.2, 0.25) is 5.13 Å². The van der Waals surface area contributed by atoms with Crippen LogP contribution < -0.4 is 10.7 Å². The number of thioether (sulfide) groups is 1. The lowest BCUT2D eigenvalue weighted by Gasteiger charge is -2.32. The highest BCUT2D eigenvalue weighted by molar-refractivity contribution is 8.16. The Hall–Kier alpha value is -1.05. The predicted molar refractivity (Wildman–Crippen MR) is 94.4 cm³/mol. The number of benzene rings is 1. The van der Waals surface area contributed by atoms with Gasteiger partial charge in [0.25, 0.3) is 0 Å². The number of anilines is 1. The number of halogens is 2. The van der Waals surface area contributed by atoms with Gasteiger partial charge in [-0.15, -0.1) is 10.2 Å². The Balaban J connectivity index is 2.01. The fourth-order valence-corrected chi connectivity index (χ4v) is 5.04. The van der Waals surface area contributed by atoms with E-state index < -0.39 is 15.4 Å². The van der Waals surface area contributed by atoms with Gasteiger partial charge in [0, 0.05) is 9.30 Å². The Bertz CT molecular complexity index is 784. The van der Waals surface area contributed by atoms with Crippen LogP contribution in [-0.2, 0) is 0 Å². The van der Waals surface area contributed by atoms with Crippen molar-refractivity contribution < 1.29 is 8.78 Å². The summed E-state index contributed by atoms with van der Waals surface area (Å²) in [6, 6.07) is 3.35. The number of rotatable bonds is 5. The van der Waals surface area contributed by atoms with Gasteiger partial charge in [-0.2, -0.15) is 5.10 Å². The largest absolute Gasteiger partial charge is 0.330 e. The third-order valence-electron chi connectivity index (χ3n) is 3.42. The van der Waals surface area contributed by atoms with Crippen LogP contribution in [-0.4, -0.2) is 41.8 Å². The van der Waals surface area contributed by atoms with E-state index in [9.17, 15) is 8.78 Å². The van der Waals surface area contributed by atoms with E-state index in [4.69, 9.17) is 5.73 Å². The average Bonchev–Trinajstić information content (AvgIpc) is 3.11. The monoisotopic (exact) mass is 381 g/mol. The Morgan fingerprint density at radius 1 is 1.33 bits per heavy atom. The summed E-state index contributed by atoms with van der Waals surface area (Å²) in [7, 11) is 0. The van der Waals surface area contributed by atoms with Crippen molar-refractivity contribution in [2.45, 2.75) is 23.5 Å². The molecule has 2 heterocycles. The van der Waals surface area contributed by atoms with Crippen molar-refractivity contribution in [2.75, 3.05) is 11.6 Å². The quantitative estimate of drug-likeness (QED) is 0.807. The smallest absolute Gasteiger partial charge is 0.228 e. The van der Waals surface area contributed by atoms with Crippen molar-refractivity contribution in [3.8, 4) is 0 Å². The highest BCUT2D eigenvalue weighted by Crippen LogP contribution is 2.44. The molecule has 1 aromatic carbocycles. The standard InChI is InChI=1S/C14H14F2N5S2.Al/c1-8-18-19-14(22-8)21-12(3-2-6-17)23-13(20-21)10-7-9(15)4-5-11(10)16;/h4-5,7H,2-3,6,17H2,1H3;. The first-order chi connectivity index (χ1) is 11.4. The summed E-state index contributed by atoms with van der Waals surface area (Å²) in [6.07, 6.45) is 1.46. The Kier molecular flexibility index (Phi) is 5.22. The van der Waals surface area contributed by atoms with E-state index >= 15 is 0 Å². The molecular formula is C14H14AlF2N5S2. The molecule has 0 fully saturated rings. The molecule has 124 valence electrons. The number of aryl methyl sites for hydroxylation is 1. The molecule has 10 heteroatoms. The fourth-order valence-electron chi connectivity index (χ4n) is 2.27. The van der Waals surface area contributed by atoms with Crippen molar-refractivity contribution in [3.05, 3.63) is 40.4 Å². The second-order valence-electron chi connectivity index (χ2n) is 5.28. The minimum Gasteiger partial charge on any atom is -0.330 e. The molecule has 1 aliphatic heterocycles. The molecule has 0 amide bonds. The lowest BCUT2D eigenvalue weighted by atomic mass is 10.2. The maximum Gasteiger partial charge on any atom is 0.228 e. The second-order valence-corrected chi connectivity index (χ2v) is 9.12.